The van der Waals surface area contributed by atoms with Crippen molar-refractivity contribution in [3.63, 3.8) is 0 Å². The molecule has 0 aromatic rings. The maximum atomic E-state index is 13.1. The molecular formula is C79H154O17P2. The first kappa shape index (κ1) is 96.1. The Morgan fingerprint density at radius 3 is 0.724 bits per heavy atom. The maximum Gasteiger partial charge on any atom is 0.472 e. The van der Waals surface area contributed by atoms with Crippen molar-refractivity contribution in [3.05, 3.63) is 0 Å². The Balaban J connectivity index is 5.22. The van der Waals surface area contributed by atoms with E-state index < -0.39 is 97.5 Å². The zero-order valence-electron chi connectivity index (χ0n) is 64.4. The molecule has 0 aliphatic rings. The van der Waals surface area contributed by atoms with Crippen LogP contribution in [0, 0.1) is 23.7 Å². The van der Waals surface area contributed by atoms with Crippen LogP contribution in [0.5, 0.6) is 0 Å². The van der Waals surface area contributed by atoms with Gasteiger partial charge < -0.3 is 33.8 Å². The second-order valence-corrected chi connectivity index (χ2v) is 33.0. The Morgan fingerprint density at radius 2 is 0.490 bits per heavy atom. The van der Waals surface area contributed by atoms with E-state index in [1.54, 1.807) is 0 Å². The summed E-state index contributed by atoms with van der Waals surface area (Å²) in [5, 5.41) is 10.6. The molecule has 0 heterocycles. The molecule has 582 valence electrons. The average molecular weight is 1440 g/mol. The van der Waals surface area contributed by atoms with E-state index in [4.69, 9.17) is 37.0 Å². The minimum absolute atomic E-state index is 0.104. The van der Waals surface area contributed by atoms with Gasteiger partial charge in [0.15, 0.2) is 12.2 Å². The Labute approximate surface area is 600 Å². The first-order chi connectivity index (χ1) is 47.1. The number of ether oxygens (including phenoxy) is 4. The molecule has 98 heavy (non-hydrogen) atoms. The first-order valence-corrected chi connectivity index (χ1v) is 43.7. The molecule has 0 spiro atoms. The molecule has 0 aliphatic heterocycles. The summed E-state index contributed by atoms with van der Waals surface area (Å²) in [5.74, 6) is 0.955. The Hall–Kier alpha value is -1.94. The molecule has 0 amide bonds. The van der Waals surface area contributed by atoms with Gasteiger partial charge in [0.2, 0.25) is 0 Å². The molecule has 0 fully saturated rings. The van der Waals surface area contributed by atoms with Gasteiger partial charge in [-0.15, -0.1) is 0 Å². The zero-order chi connectivity index (χ0) is 72.4. The van der Waals surface area contributed by atoms with Crippen LogP contribution < -0.4 is 0 Å². The lowest BCUT2D eigenvalue weighted by Crippen LogP contribution is -2.30. The number of phosphoric ester groups is 2. The fraction of sp³-hybridized carbons (Fsp3) is 0.949. The van der Waals surface area contributed by atoms with Crippen LogP contribution in [0.1, 0.15) is 402 Å². The van der Waals surface area contributed by atoms with Crippen molar-refractivity contribution >= 4 is 39.5 Å². The fourth-order valence-electron chi connectivity index (χ4n) is 12.0. The first-order valence-electron chi connectivity index (χ1n) is 40.7. The van der Waals surface area contributed by atoms with Gasteiger partial charge in [-0.05, 0) is 49.4 Å². The van der Waals surface area contributed by atoms with Gasteiger partial charge in [0, 0.05) is 25.7 Å². The molecule has 0 aliphatic carbocycles. The minimum atomic E-state index is -4.96. The number of rotatable bonds is 76. The van der Waals surface area contributed by atoms with E-state index in [9.17, 15) is 43.2 Å². The zero-order valence-corrected chi connectivity index (χ0v) is 66.2. The highest BCUT2D eigenvalue weighted by atomic mass is 31.2. The van der Waals surface area contributed by atoms with E-state index in [1.807, 2.05) is 0 Å². The predicted molar refractivity (Wildman–Crippen MR) is 400 cm³/mol. The summed E-state index contributed by atoms with van der Waals surface area (Å²) in [5.41, 5.74) is 0. The molecule has 0 saturated heterocycles. The summed E-state index contributed by atoms with van der Waals surface area (Å²) < 4.78 is 68.6. The van der Waals surface area contributed by atoms with E-state index in [0.717, 1.165) is 114 Å². The number of aliphatic hydroxyl groups is 1. The summed E-state index contributed by atoms with van der Waals surface area (Å²) in [6.45, 7) is 14.2. The number of carbonyl (C=O) groups excluding carboxylic acids is 4. The molecule has 3 unspecified atom stereocenters. The van der Waals surface area contributed by atoms with E-state index >= 15 is 0 Å². The molecule has 0 aromatic heterocycles. The van der Waals surface area contributed by atoms with E-state index in [0.29, 0.717) is 31.6 Å². The van der Waals surface area contributed by atoms with Crippen LogP contribution in [0.2, 0.25) is 0 Å². The summed E-state index contributed by atoms with van der Waals surface area (Å²) >= 11 is 0. The lowest BCUT2D eigenvalue weighted by atomic mass is 9.99. The van der Waals surface area contributed by atoms with Crippen LogP contribution in [-0.4, -0.2) is 96.7 Å². The third kappa shape index (κ3) is 71.1. The predicted octanol–water partition coefficient (Wildman–Crippen LogP) is 23.2. The number of hydrogen-bond acceptors (Lipinski definition) is 15. The van der Waals surface area contributed by atoms with Crippen molar-refractivity contribution in [1.82, 2.24) is 0 Å². The molecular weight excluding hydrogens is 1280 g/mol. The largest absolute Gasteiger partial charge is 0.472 e. The monoisotopic (exact) mass is 1440 g/mol. The summed E-state index contributed by atoms with van der Waals surface area (Å²) in [6, 6.07) is 0. The SMILES string of the molecule is CCC(C)CCCCCCCCCCCCCCCCC(=O)O[C@H](COC(=O)CCCCCCCCCCCCCCCCCCC(C)C)COP(=O)(O)OC[C@@H](O)COP(=O)(O)OC[C@@H](COC(=O)CCCCCCCCC(C)C)OC(=O)CCCCCCCCCCCC(C)C. The lowest BCUT2D eigenvalue weighted by Gasteiger charge is -2.21. The smallest absolute Gasteiger partial charge is 0.462 e. The van der Waals surface area contributed by atoms with Crippen molar-refractivity contribution in [2.45, 2.75) is 420 Å². The summed E-state index contributed by atoms with van der Waals surface area (Å²) in [7, 11) is -9.92. The van der Waals surface area contributed by atoms with E-state index in [2.05, 4.69) is 55.4 Å². The van der Waals surface area contributed by atoms with Gasteiger partial charge in [0.1, 0.15) is 19.3 Å². The molecule has 17 nitrogen and oxygen atoms in total. The van der Waals surface area contributed by atoms with Crippen molar-refractivity contribution in [2.24, 2.45) is 23.7 Å². The quantitative estimate of drug-likeness (QED) is 0.0222. The molecule has 0 radical (unpaired) electrons. The molecule has 6 atom stereocenters. The van der Waals surface area contributed by atoms with Crippen molar-refractivity contribution in [2.75, 3.05) is 39.6 Å². The van der Waals surface area contributed by atoms with Crippen LogP contribution in [0.25, 0.3) is 0 Å². The number of hydrogen-bond donors (Lipinski definition) is 3. The Bertz CT molecular complexity index is 1920. The van der Waals surface area contributed by atoms with Crippen molar-refractivity contribution in [1.29, 1.82) is 0 Å². The number of phosphoric acid groups is 2. The Kier molecular flexibility index (Phi) is 66.8. The van der Waals surface area contributed by atoms with Gasteiger partial charge in [-0.3, -0.25) is 37.3 Å². The highest BCUT2D eigenvalue weighted by Gasteiger charge is 2.30. The normalized spacial score (nSPS) is 14.3. The molecule has 3 N–H and O–H groups in total. The van der Waals surface area contributed by atoms with E-state index in [1.165, 1.54) is 199 Å². The third-order valence-electron chi connectivity index (χ3n) is 18.7. The van der Waals surface area contributed by atoms with Gasteiger partial charge in [-0.2, -0.15) is 0 Å². The van der Waals surface area contributed by atoms with Crippen LogP contribution in [0.4, 0.5) is 0 Å². The van der Waals surface area contributed by atoms with Crippen LogP contribution in [0.15, 0.2) is 0 Å². The van der Waals surface area contributed by atoms with E-state index in [-0.39, 0.29) is 25.7 Å². The topological polar surface area (TPSA) is 237 Å². The van der Waals surface area contributed by atoms with Crippen molar-refractivity contribution in [3.8, 4) is 0 Å². The molecule has 0 aromatic carbocycles. The van der Waals surface area contributed by atoms with Gasteiger partial charge in [-0.1, -0.05) is 351 Å². The molecule has 0 rings (SSSR count). The summed E-state index contributed by atoms with van der Waals surface area (Å²) in [6.07, 6.45) is 54.3. The fourth-order valence-corrected chi connectivity index (χ4v) is 13.6. The van der Waals surface area contributed by atoms with Crippen LogP contribution in [-0.2, 0) is 65.4 Å². The van der Waals surface area contributed by atoms with Crippen molar-refractivity contribution < 1.29 is 80.2 Å². The number of carbonyl (C=O) groups is 4. The average Bonchev–Trinajstić information content (AvgIpc) is 0.969. The highest BCUT2D eigenvalue weighted by Crippen LogP contribution is 2.45. The molecule has 19 heteroatoms. The second-order valence-electron chi connectivity index (χ2n) is 30.1. The number of esters is 4. The van der Waals surface area contributed by atoms with Gasteiger partial charge in [-0.25, -0.2) is 9.13 Å². The minimum Gasteiger partial charge on any atom is -0.462 e. The standard InChI is InChI=1S/C79H154O17P2/c1-9-72(8)58-50-42-33-27-21-17-14-15-19-23-29-35-45-53-61-78(83)95-74(65-89-76(81)59-51-43-34-28-22-18-13-11-10-12-16-20-25-31-39-47-55-69(2)3)67-93-97(85,86)91-63-73(80)64-92-98(87,88)94-68-75(66-90-77(82)60-52-44-38-37-41-49-57-71(6)7)96-79(84)62-54-46-36-30-24-26-32-40-48-56-70(4)5/h69-75,80H,9-68H2,1-8H3,(H,85,86)(H,87,88)/t72?,73-,74-,75-/m1/s1. The summed E-state index contributed by atoms with van der Waals surface area (Å²) in [4.78, 5) is 72.9. The Morgan fingerprint density at radius 1 is 0.286 bits per heavy atom. The number of aliphatic hydroxyl groups excluding tert-OH is 1. The number of unbranched alkanes of at least 4 members (excludes halogenated alkanes) is 41. The third-order valence-corrected chi connectivity index (χ3v) is 20.6. The lowest BCUT2D eigenvalue weighted by molar-refractivity contribution is -0.161. The molecule has 0 bridgehead atoms. The van der Waals surface area contributed by atoms with Gasteiger partial charge in [0.25, 0.3) is 0 Å². The second kappa shape index (κ2) is 68.2. The van der Waals surface area contributed by atoms with Gasteiger partial charge in [0.05, 0.1) is 26.4 Å². The molecule has 0 saturated carbocycles. The van der Waals surface area contributed by atoms with Gasteiger partial charge >= 0.3 is 39.5 Å². The highest BCUT2D eigenvalue weighted by molar-refractivity contribution is 7.47. The maximum absolute atomic E-state index is 13.1. The van der Waals surface area contributed by atoms with Crippen LogP contribution in [0.3, 0.4) is 0 Å². The van der Waals surface area contributed by atoms with Crippen LogP contribution >= 0.6 is 15.6 Å².